The second kappa shape index (κ2) is 10.1. The molecule has 0 amide bonds. The summed E-state index contributed by atoms with van der Waals surface area (Å²) in [5, 5.41) is 0. The van der Waals surface area contributed by atoms with Crippen LogP contribution in [0.1, 0.15) is 53.4 Å². The van der Waals surface area contributed by atoms with Crippen LogP contribution in [-0.4, -0.2) is 71.3 Å². The average molecular weight is 636 g/mol. The van der Waals surface area contributed by atoms with Gasteiger partial charge in [0.15, 0.2) is 11.2 Å². The van der Waals surface area contributed by atoms with E-state index in [1.165, 1.54) is 0 Å². The molecule has 1 fully saturated rings. The van der Waals surface area contributed by atoms with Gasteiger partial charge in [-0.1, -0.05) is 0 Å². The number of hydrogen-bond acceptors (Lipinski definition) is 2. The highest BCUT2D eigenvalue weighted by atomic mass is 19.4. The molecule has 2 nitrogen and oxygen atoms in total. The van der Waals surface area contributed by atoms with Gasteiger partial charge in [0.2, 0.25) is 0 Å². The lowest BCUT2D eigenvalue weighted by Gasteiger charge is -2.59. The molecule has 0 aromatic heterocycles. The van der Waals surface area contributed by atoms with Crippen LogP contribution in [0.2, 0.25) is 0 Å². The fraction of sp³-hybridized carbons (Fsp3) is 1.00. The van der Waals surface area contributed by atoms with Gasteiger partial charge in [-0.25, -0.2) is 0 Å². The number of hydrogen-bond donors (Lipinski definition) is 0. The highest BCUT2D eigenvalue weighted by Gasteiger charge is 2.90. The van der Waals surface area contributed by atoms with E-state index in [1.54, 1.807) is 0 Å². The lowest BCUT2D eigenvalue weighted by molar-refractivity contribution is -0.465. The molecular formula is C20H22F18O2. The molecule has 0 bridgehead atoms. The van der Waals surface area contributed by atoms with E-state index in [0.717, 1.165) is 0 Å². The second-order valence-corrected chi connectivity index (χ2v) is 9.65. The summed E-state index contributed by atoms with van der Waals surface area (Å²) < 4.78 is 259. The van der Waals surface area contributed by atoms with Crippen molar-refractivity contribution in [3.63, 3.8) is 0 Å². The molecule has 1 saturated heterocycles. The third-order valence-electron chi connectivity index (χ3n) is 6.77. The van der Waals surface area contributed by atoms with Gasteiger partial charge in [0.05, 0.1) is 12.2 Å². The van der Waals surface area contributed by atoms with Crippen LogP contribution < -0.4 is 0 Å². The zero-order valence-corrected chi connectivity index (χ0v) is 20.6. The Morgan fingerprint density at radius 1 is 0.450 bits per heavy atom. The summed E-state index contributed by atoms with van der Waals surface area (Å²) in [5.41, 5.74) is -10.3. The fourth-order valence-corrected chi connectivity index (χ4v) is 3.88. The molecule has 0 spiro atoms. The van der Waals surface area contributed by atoms with Gasteiger partial charge in [0.1, 0.15) is 0 Å². The van der Waals surface area contributed by atoms with E-state index in [0.29, 0.717) is 13.8 Å². The predicted octanol–water partition coefficient (Wildman–Crippen LogP) is 8.82. The Kier molecular flexibility index (Phi) is 9.30. The van der Waals surface area contributed by atoms with Crippen molar-refractivity contribution in [2.24, 2.45) is 0 Å². The summed E-state index contributed by atoms with van der Waals surface area (Å²) in [6.45, 7) is -0.0680. The molecular weight excluding hydrogens is 614 g/mol. The molecule has 0 aliphatic carbocycles. The van der Waals surface area contributed by atoms with Crippen molar-refractivity contribution in [1.82, 2.24) is 0 Å². The highest BCUT2D eigenvalue weighted by Crippen LogP contribution is 2.64. The number of alkyl halides is 18. The van der Waals surface area contributed by atoms with Crippen LogP contribution in [0.5, 0.6) is 0 Å². The van der Waals surface area contributed by atoms with Crippen molar-refractivity contribution < 1.29 is 88.5 Å². The molecule has 0 aromatic carbocycles. The zero-order chi connectivity index (χ0) is 32.4. The first-order valence-electron chi connectivity index (χ1n) is 10.9. The van der Waals surface area contributed by atoms with Crippen molar-refractivity contribution >= 4 is 0 Å². The van der Waals surface area contributed by atoms with E-state index in [1.807, 2.05) is 0 Å². The lowest BCUT2D eigenvalue weighted by atomic mass is 9.69. The summed E-state index contributed by atoms with van der Waals surface area (Å²) in [6, 6.07) is 0. The highest BCUT2D eigenvalue weighted by molar-refractivity contribution is 5.23. The molecule has 4 atom stereocenters. The Labute approximate surface area is 214 Å². The van der Waals surface area contributed by atoms with E-state index in [2.05, 4.69) is 9.47 Å². The third kappa shape index (κ3) is 5.80. The van der Waals surface area contributed by atoms with Crippen LogP contribution >= 0.6 is 0 Å². The van der Waals surface area contributed by atoms with Gasteiger partial charge in [0, 0.05) is 25.7 Å². The van der Waals surface area contributed by atoms with Gasteiger partial charge in [-0.3, -0.25) is 0 Å². The maximum Gasteiger partial charge on any atom is 0.389 e. The number of halogens is 18. The van der Waals surface area contributed by atoms with Crippen LogP contribution in [0.15, 0.2) is 0 Å². The first kappa shape index (κ1) is 36.7. The van der Waals surface area contributed by atoms with E-state index in [-0.39, 0.29) is 0 Å². The topological polar surface area (TPSA) is 18.5 Å². The van der Waals surface area contributed by atoms with Crippen molar-refractivity contribution in [2.45, 2.75) is 125 Å². The Bertz CT molecular complexity index is 823. The predicted molar refractivity (Wildman–Crippen MR) is 98.2 cm³/mol. The molecule has 240 valence electrons. The van der Waals surface area contributed by atoms with Gasteiger partial charge in [-0.05, 0) is 27.7 Å². The normalized spacial score (nSPS) is 28.6. The molecule has 0 radical (unpaired) electrons. The zero-order valence-electron chi connectivity index (χ0n) is 20.6. The van der Waals surface area contributed by atoms with E-state index >= 15 is 17.6 Å². The summed E-state index contributed by atoms with van der Waals surface area (Å²) >= 11 is 0. The SMILES string of the molecule is CC1OC(C)(C(F)(F)C(F)(F)C(F)(F)CCC(F)(F)F)C(C)(C(F)(F)C(F)(F)C(F)(F)CCC(F)(F)F)OC1C. The van der Waals surface area contributed by atoms with Crippen LogP contribution in [0.25, 0.3) is 0 Å². The molecule has 1 aliphatic heterocycles. The molecule has 1 heterocycles. The smallest absolute Gasteiger partial charge is 0.360 e. The number of ether oxygens (including phenoxy) is 2. The molecule has 4 unspecified atom stereocenters. The molecule has 0 aromatic rings. The van der Waals surface area contributed by atoms with Crippen LogP contribution in [0.4, 0.5) is 79.0 Å². The minimum Gasteiger partial charge on any atom is -0.360 e. The quantitative estimate of drug-likeness (QED) is 0.223. The van der Waals surface area contributed by atoms with Gasteiger partial charge >= 0.3 is 47.9 Å². The molecule has 1 aliphatic rings. The average Bonchev–Trinajstić information content (AvgIpc) is 2.73. The van der Waals surface area contributed by atoms with Crippen molar-refractivity contribution in [3.8, 4) is 0 Å². The molecule has 1 rings (SSSR count). The van der Waals surface area contributed by atoms with Gasteiger partial charge in [-0.2, -0.15) is 79.0 Å². The second-order valence-electron chi connectivity index (χ2n) is 9.65. The monoisotopic (exact) mass is 636 g/mol. The Morgan fingerprint density at radius 3 is 0.875 bits per heavy atom. The lowest BCUT2D eigenvalue weighted by Crippen LogP contribution is -2.82. The Morgan fingerprint density at radius 2 is 0.675 bits per heavy atom. The summed E-state index contributed by atoms with van der Waals surface area (Å²) in [5.74, 6) is -40.8. The molecule has 20 heteroatoms. The van der Waals surface area contributed by atoms with Crippen molar-refractivity contribution in [2.75, 3.05) is 0 Å². The van der Waals surface area contributed by atoms with Crippen LogP contribution in [-0.2, 0) is 9.47 Å². The maximum atomic E-state index is 15.3. The van der Waals surface area contributed by atoms with Crippen molar-refractivity contribution in [1.29, 1.82) is 0 Å². The fourth-order valence-electron chi connectivity index (χ4n) is 3.88. The van der Waals surface area contributed by atoms with Crippen molar-refractivity contribution in [3.05, 3.63) is 0 Å². The van der Waals surface area contributed by atoms with E-state index in [9.17, 15) is 61.5 Å². The minimum atomic E-state index is -7.12. The van der Waals surface area contributed by atoms with Gasteiger partial charge < -0.3 is 9.47 Å². The van der Waals surface area contributed by atoms with E-state index < -0.39 is 111 Å². The first-order chi connectivity index (χ1) is 17.2. The van der Waals surface area contributed by atoms with E-state index in [4.69, 9.17) is 0 Å². The molecule has 0 N–H and O–H groups in total. The first-order valence-corrected chi connectivity index (χ1v) is 10.9. The van der Waals surface area contributed by atoms with Gasteiger partial charge in [-0.15, -0.1) is 0 Å². The number of rotatable bonds is 10. The summed E-state index contributed by atoms with van der Waals surface area (Å²) in [7, 11) is 0. The molecule has 40 heavy (non-hydrogen) atoms. The summed E-state index contributed by atoms with van der Waals surface area (Å²) in [6.07, 6.45) is -27.3. The Balaban J connectivity index is 3.85. The largest absolute Gasteiger partial charge is 0.389 e. The van der Waals surface area contributed by atoms with Gasteiger partial charge in [0.25, 0.3) is 0 Å². The minimum absolute atomic E-state index is 0.590. The third-order valence-corrected chi connectivity index (χ3v) is 6.77. The maximum absolute atomic E-state index is 15.3. The molecule has 0 saturated carbocycles. The Hall–Kier alpha value is -1.34. The standard InChI is InChI=1S/C20H22F18O2/c1-9-10(2)40-12(4,18(33,34)20(37,38)14(23,24)6-8-16(28,29)30)11(3,39-9)17(31,32)19(35,36)13(21,22)5-7-15(25,26)27/h9-10H,5-8H2,1-4H3. The summed E-state index contributed by atoms with van der Waals surface area (Å²) in [4.78, 5) is 0. The van der Waals surface area contributed by atoms with Crippen LogP contribution in [0, 0.1) is 0 Å². The van der Waals surface area contributed by atoms with Crippen LogP contribution in [0.3, 0.4) is 0 Å².